The minimum atomic E-state index is -0.0471. The first-order valence-corrected chi connectivity index (χ1v) is 9.95. The van der Waals surface area contributed by atoms with Crippen molar-refractivity contribution in [3.8, 4) is 11.3 Å². The number of fused-ring (bicyclic) bond motifs is 1. The van der Waals surface area contributed by atoms with Gasteiger partial charge >= 0.3 is 0 Å². The van der Waals surface area contributed by atoms with Gasteiger partial charge in [-0.05, 0) is 50.3 Å². The van der Waals surface area contributed by atoms with Crippen LogP contribution >= 0.6 is 0 Å². The van der Waals surface area contributed by atoms with Crippen molar-refractivity contribution in [1.82, 2.24) is 9.97 Å². The predicted octanol–water partition coefficient (Wildman–Crippen LogP) is 6.14. The molecule has 4 rings (SSSR count). The Bertz CT molecular complexity index is 968. The van der Waals surface area contributed by atoms with Gasteiger partial charge in [0.15, 0.2) is 0 Å². The summed E-state index contributed by atoms with van der Waals surface area (Å²) in [6.07, 6.45) is 2.11. The molecule has 0 saturated heterocycles. The number of benzene rings is 2. The van der Waals surface area contributed by atoms with Crippen molar-refractivity contribution in [3.05, 3.63) is 82.3 Å². The Morgan fingerprint density at radius 3 is 2.19 bits per heavy atom. The van der Waals surface area contributed by atoms with Crippen molar-refractivity contribution in [2.24, 2.45) is 0 Å². The Morgan fingerprint density at radius 2 is 1.56 bits per heavy atom. The lowest BCUT2D eigenvalue weighted by molar-refractivity contribution is 0.547. The van der Waals surface area contributed by atoms with Crippen LogP contribution in [-0.2, 0) is 11.8 Å². The normalized spacial score (nSPS) is 18.7. The third-order valence-electron chi connectivity index (χ3n) is 6.07. The number of rotatable bonds is 3. The summed E-state index contributed by atoms with van der Waals surface area (Å²) in [5, 5.41) is 0. The monoisotopic (exact) mass is 356 g/mol. The van der Waals surface area contributed by atoms with Gasteiger partial charge in [0.05, 0.1) is 11.4 Å². The van der Waals surface area contributed by atoms with Crippen LogP contribution < -0.4 is 0 Å². The summed E-state index contributed by atoms with van der Waals surface area (Å²) in [6, 6.07) is 17.4. The van der Waals surface area contributed by atoms with Crippen LogP contribution in [0.25, 0.3) is 11.3 Å². The van der Waals surface area contributed by atoms with Crippen LogP contribution in [0.5, 0.6) is 0 Å². The van der Waals surface area contributed by atoms with E-state index in [9.17, 15) is 0 Å². The summed E-state index contributed by atoms with van der Waals surface area (Å²) in [7, 11) is 0. The Balaban J connectivity index is 2.01. The molecule has 0 N–H and O–H groups in total. The molecule has 1 aromatic heterocycles. The van der Waals surface area contributed by atoms with E-state index >= 15 is 0 Å². The van der Waals surface area contributed by atoms with Crippen LogP contribution in [0.15, 0.2) is 48.5 Å². The molecule has 1 aliphatic carbocycles. The molecule has 138 valence electrons. The van der Waals surface area contributed by atoms with Crippen LogP contribution in [0, 0.1) is 13.8 Å². The molecular formula is C25H28N2. The fourth-order valence-corrected chi connectivity index (χ4v) is 4.43. The molecule has 2 aromatic carbocycles. The zero-order valence-electron chi connectivity index (χ0n) is 17.0. The van der Waals surface area contributed by atoms with Gasteiger partial charge in [0.2, 0.25) is 0 Å². The Kier molecular flexibility index (Phi) is 4.38. The zero-order valence-corrected chi connectivity index (χ0v) is 17.0. The molecule has 1 heterocycles. The summed E-state index contributed by atoms with van der Waals surface area (Å²) < 4.78 is 0. The fourth-order valence-electron chi connectivity index (χ4n) is 4.43. The van der Waals surface area contributed by atoms with Crippen molar-refractivity contribution in [2.45, 2.75) is 58.8 Å². The van der Waals surface area contributed by atoms with Crippen molar-refractivity contribution >= 4 is 0 Å². The van der Waals surface area contributed by atoms with E-state index in [4.69, 9.17) is 9.97 Å². The lowest BCUT2D eigenvalue weighted by Gasteiger charge is -2.26. The minimum Gasteiger partial charge on any atom is -0.236 e. The van der Waals surface area contributed by atoms with Gasteiger partial charge in [0.25, 0.3) is 0 Å². The Morgan fingerprint density at radius 1 is 0.889 bits per heavy atom. The molecule has 1 aliphatic rings. The Labute approximate surface area is 162 Å². The van der Waals surface area contributed by atoms with E-state index in [0.717, 1.165) is 24.4 Å². The average molecular weight is 357 g/mol. The maximum Gasteiger partial charge on any atom is 0.131 e. The number of aryl methyl sites for hydroxylation is 2. The second kappa shape index (κ2) is 6.60. The molecule has 27 heavy (non-hydrogen) atoms. The molecule has 0 amide bonds. The molecule has 1 atom stereocenters. The standard InChI is InChI=1S/C25H28N2/c1-16(2)24-26-22(21-17(3)10-9-11-18(21)4)20-14-15-25(5,23(20)27-24)19-12-7-6-8-13-19/h6-13,16H,14-15H2,1-5H3. The first-order chi connectivity index (χ1) is 12.9. The van der Waals surface area contributed by atoms with Gasteiger partial charge in [-0.3, -0.25) is 0 Å². The molecule has 1 unspecified atom stereocenters. The molecule has 0 aliphatic heterocycles. The second-order valence-electron chi connectivity index (χ2n) is 8.38. The van der Waals surface area contributed by atoms with E-state index in [2.05, 4.69) is 83.1 Å². The molecule has 0 spiro atoms. The van der Waals surface area contributed by atoms with Gasteiger partial charge in [0, 0.05) is 22.5 Å². The van der Waals surface area contributed by atoms with Crippen LogP contribution in [0.3, 0.4) is 0 Å². The van der Waals surface area contributed by atoms with Gasteiger partial charge in [-0.25, -0.2) is 9.97 Å². The van der Waals surface area contributed by atoms with Crippen molar-refractivity contribution < 1.29 is 0 Å². The molecule has 0 radical (unpaired) electrons. The topological polar surface area (TPSA) is 25.8 Å². The molecular weight excluding hydrogens is 328 g/mol. The molecule has 0 bridgehead atoms. The van der Waals surface area contributed by atoms with E-state index in [1.807, 2.05) is 0 Å². The molecule has 3 aromatic rings. The van der Waals surface area contributed by atoms with Crippen LogP contribution in [-0.4, -0.2) is 9.97 Å². The molecule has 2 heteroatoms. The maximum absolute atomic E-state index is 5.12. The quantitative estimate of drug-likeness (QED) is 0.563. The zero-order chi connectivity index (χ0) is 19.2. The van der Waals surface area contributed by atoms with Crippen LogP contribution in [0.2, 0.25) is 0 Å². The average Bonchev–Trinajstić information content (AvgIpc) is 3.00. The SMILES string of the molecule is Cc1cccc(C)c1-c1nc(C(C)C)nc2c1CCC2(C)c1ccccc1. The highest BCUT2D eigenvalue weighted by atomic mass is 14.9. The number of hydrogen-bond donors (Lipinski definition) is 0. The first-order valence-electron chi connectivity index (χ1n) is 9.95. The highest BCUT2D eigenvalue weighted by Crippen LogP contribution is 2.46. The van der Waals surface area contributed by atoms with Crippen molar-refractivity contribution in [2.75, 3.05) is 0 Å². The fraction of sp³-hybridized carbons (Fsp3) is 0.360. The second-order valence-corrected chi connectivity index (χ2v) is 8.38. The molecule has 0 fully saturated rings. The number of aromatic nitrogens is 2. The summed E-state index contributed by atoms with van der Waals surface area (Å²) in [5.41, 5.74) is 8.89. The number of hydrogen-bond acceptors (Lipinski definition) is 2. The first kappa shape index (κ1) is 17.9. The highest BCUT2D eigenvalue weighted by Gasteiger charge is 2.40. The third-order valence-corrected chi connectivity index (χ3v) is 6.07. The summed E-state index contributed by atoms with van der Waals surface area (Å²) in [4.78, 5) is 10.2. The number of nitrogens with zero attached hydrogens (tertiary/aromatic N) is 2. The minimum absolute atomic E-state index is 0.0471. The van der Waals surface area contributed by atoms with Gasteiger partial charge in [-0.2, -0.15) is 0 Å². The summed E-state index contributed by atoms with van der Waals surface area (Å²) in [6.45, 7) is 11.1. The maximum atomic E-state index is 5.12. The lowest BCUT2D eigenvalue weighted by Crippen LogP contribution is -2.22. The van der Waals surface area contributed by atoms with E-state index < -0.39 is 0 Å². The van der Waals surface area contributed by atoms with Gasteiger partial charge in [-0.1, -0.05) is 62.4 Å². The van der Waals surface area contributed by atoms with Gasteiger partial charge < -0.3 is 0 Å². The lowest BCUT2D eigenvalue weighted by atomic mass is 9.80. The largest absolute Gasteiger partial charge is 0.236 e. The Hall–Kier alpha value is -2.48. The summed E-state index contributed by atoms with van der Waals surface area (Å²) in [5.74, 6) is 1.26. The third kappa shape index (κ3) is 2.88. The van der Waals surface area contributed by atoms with E-state index in [1.54, 1.807) is 0 Å². The smallest absolute Gasteiger partial charge is 0.131 e. The van der Waals surface area contributed by atoms with Crippen LogP contribution in [0.1, 0.15) is 66.9 Å². The van der Waals surface area contributed by atoms with Crippen molar-refractivity contribution in [3.63, 3.8) is 0 Å². The van der Waals surface area contributed by atoms with Crippen LogP contribution in [0.4, 0.5) is 0 Å². The molecule has 2 nitrogen and oxygen atoms in total. The highest BCUT2D eigenvalue weighted by molar-refractivity contribution is 5.72. The van der Waals surface area contributed by atoms with E-state index in [-0.39, 0.29) is 5.41 Å². The van der Waals surface area contributed by atoms with Gasteiger partial charge in [0.1, 0.15) is 5.82 Å². The predicted molar refractivity (Wildman–Crippen MR) is 112 cm³/mol. The van der Waals surface area contributed by atoms with Gasteiger partial charge in [-0.15, -0.1) is 0 Å². The molecule has 0 saturated carbocycles. The van der Waals surface area contributed by atoms with Crippen molar-refractivity contribution in [1.29, 1.82) is 0 Å². The summed E-state index contributed by atoms with van der Waals surface area (Å²) >= 11 is 0. The van der Waals surface area contributed by atoms with E-state index in [0.29, 0.717) is 5.92 Å². The van der Waals surface area contributed by atoms with E-state index in [1.165, 1.54) is 33.5 Å².